The van der Waals surface area contributed by atoms with E-state index in [1.165, 1.54) is 0 Å². The average Bonchev–Trinajstić information content (AvgIpc) is 3.34. The zero-order valence-electron chi connectivity index (χ0n) is 19.2. The van der Waals surface area contributed by atoms with Crippen molar-refractivity contribution in [2.24, 2.45) is 0 Å². The molecule has 0 spiro atoms. The van der Waals surface area contributed by atoms with Crippen molar-refractivity contribution in [1.29, 1.82) is 0 Å². The predicted molar refractivity (Wildman–Crippen MR) is 126 cm³/mol. The molecule has 5 rings (SSSR count). The van der Waals surface area contributed by atoms with Crippen LogP contribution in [0.4, 0.5) is 5.95 Å². The highest BCUT2D eigenvalue weighted by Crippen LogP contribution is 2.29. The number of hydrogen-bond acceptors (Lipinski definition) is 6. The lowest BCUT2D eigenvalue weighted by Gasteiger charge is -2.28. The van der Waals surface area contributed by atoms with Crippen molar-refractivity contribution in [1.82, 2.24) is 29.1 Å². The molecular weight excluding hydrogens is 402 g/mol. The summed E-state index contributed by atoms with van der Waals surface area (Å²) in [4.78, 5) is 13.8. The predicted octanol–water partition coefficient (Wildman–Crippen LogP) is 4.79. The number of rotatable bonds is 6. The Labute approximate surface area is 188 Å². The first-order valence-corrected chi connectivity index (χ1v) is 11.6. The third-order valence-electron chi connectivity index (χ3n) is 6.38. The van der Waals surface area contributed by atoms with Gasteiger partial charge in [0.25, 0.3) is 0 Å². The van der Waals surface area contributed by atoms with Crippen LogP contribution in [0.15, 0.2) is 30.7 Å². The van der Waals surface area contributed by atoms with Crippen LogP contribution in [0.25, 0.3) is 27.8 Å². The Balaban J connectivity index is 1.39. The molecule has 0 bridgehead atoms. The van der Waals surface area contributed by atoms with Crippen LogP contribution >= 0.6 is 0 Å². The Morgan fingerprint density at radius 2 is 1.94 bits per heavy atom. The van der Waals surface area contributed by atoms with Gasteiger partial charge >= 0.3 is 0 Å². The molecule has 1 N–H and O–H groups in total. The van der Waals surface area contributed by atoms with Crippen LogP contribution in [-0.4, -0.2) is 47.9 Å². The number of pyridine rings is 1. The van der Waals surface area contributed by atoms with E-state index in [9.17, 15) is 0 Å². The van der Waals surface area contributed by atoms with Crippen molar-refractivity contribution in [3.05, 3.63) is 36.5 Å². The second-order valence-corrected chi connectivity index (χ2v) is 8.90. The summed E-state index contributed by atoms with van der Waals surface area (Å²) < 4.78 is 9.88. The molecule has 0 saturated heterocycles. The van der Waals surface area contributed by atoms with Crippen LogP contribution in [0.2, 0.25) is 0 Å². The maximum atomic E-state index is 5.76. The van der Waals surface area contributed by atoms with Gasteiger partial charge in [-0.1, -0.05) is 0 Å². The molecule has 32 heavy (non-hydrogen) atoms. The summed E-state index contributed by atoms with van der Waals surface area (Å²) in [5.74, 6) is 1.65. The van der Waals surface area contributed by atoms with Gasteiger partial charge in [-0.2, -0.15) is 0 Å². The van der Waals surface area contributed by atoms with Crippen molar-refractivity contribution < 1.29 is 4.74 Å². The molecule has 1 saturated carbocycles. The van der Waals surface area contributed by atoms with Crippen molar-refractivity contribution in [3.63, 3.8) is 0 Å². The summed E-state index contributed by atoms with van der Waals surface area (Å²) in [7, 11) is 0. The van der Waals surface area contributed by atoms with Crippen molar-refractivity contribution in [3.8, 4) is 11.1 Å². The molecule has 168 valence electrons. The van der Waals surface area contributed by atoms with Gasteiger partial charge < -0.3 is 14.6 Å². The minimum absolute atomic E-state index is 0.323. The monoisotopic (exact) mass is 433 g/mol. The van der Waals surface area contributed by atoms with Crippen LogP contribution in [0, 0.1) is 6.92 Å². The minimum atomic E-state index is 0.323. The molecule has 4 heterocycles. The van der Waals surface area contributed by atoms with Gasteiger partial charge in [0.05, 0.1) is 23.3 Å². The fourth-order valence-corrected chi connectivity index (χ4v) is 4.89. The second-order valence-electron chi connectivity index (χ2n) is 8.90. The number of hydrogen-bond donors (Lipinski definition) is 1. The topological polar surface area (TPSA) is 82.2 Å². The van der Waals surface area contributed by atoms with Crippen LogP contribution in [0.1, 0.15) is 58.3 Å². The van der Waals surface area contributed by atoms with Crippen LogP contribution in [0.5, 0.6) is 0 Å². The number of aryl methyl sites for hydroxylation is 1. The second kappa shape index (κ2) is 8.50. The van der Waals surface area contributed by atoms with E-state index in [0.717, 1.165) is 65.9 Å². The first-order chi connectivity index (χ1) is 15.5. The fraction of sp³-hybridized carbons (Fsp3) is 0.500. The SMILES string of the molecule is CCO[C@H]1CC[C@H](Nc2ncc3c(-c4cnc5nc(C)n(C(C)C)c5c4)ccn3n2)CC1. The van der Waals surface area contributed by atoms with Gasteiger partial charge in [-0.05, 0) is 65.5 Å². The molecule has 0 amide bonds. The Kier molecular flexibility index (Phi) is 5.55. The van der Waals surface area contributed by atoms with Crippen LogP contribution in [-0.2, 0) is 4.74 Å². The van der Waals surface area contributed by atoms with Crippen molar-refractivity contribution in [2.75, 3.05) is 11.9 Å². The van der Waals surface area contributed by atoms with Gasteiger partial charge in [0, 0.05) is 42.2 Å². The standard InChI is InChI=1S/C24H31N7O/c1-5-32-19-8-6-18(7-9-19)28-24-26-14-22-20(10-11-30(22)29-24)17-12-21-23(25-13-17)27-16(4)31(21)15(2)3/h10-15,18-19H,5-9H2,1-4H3,(H,28,29)/t18-,19-. The van der Waals surface area contributed by atoms with E-state index in [0.29, 0.717) is 24.1 Å². The normalized spacial score (nSPS) is 19.3. The molecule has 0 atom stereocenters. The zero-order chi connectivity index (χ0) is 22.2. The number of nitrogens with one attached hydrogen (secondary N) is 1. The molecular formula is C24H31N7O. The average molecular weight is 434 g/mol. The number of aromatic nitrogens is 6. The minimum Gasteiger partial charge on any atom is -0.379 e. The van der Waals surface area contributed by atoms with Gasteiger partial charge in [-0.3, -0.25) is 0 Å². The van der Waals surface area contributed by atoms with E-state index in [4.69, 9.17) is 9.84 Å². The van der Waals surface area contributed by atoms with Gasteiger partial charge in [0.2, 0.25) is 5.95 Å². The molecule has 4 aromatic heterocycles. The Morgan fingerprint density at radius 1 is 1.12 bits per heavy atom. The van der Waals surface area contributed by atoms with Crippen molar-refractivity contribution >= 4 is 22.6 Å². The summed E-state index contributed by atoms with van der Waals surface area (Å²) in [6.45, 7) is 9.22. The highest BCUT2D eigenvalue weighted by molar-refractivity contribution is 5.85. The fourth-order valence-electron chi connectivity index (χ4n) is 4.89. The smallest absolute Gasteiger partial charge is 0.241 e. The number of nitrogens with zero attached hydrogens (tertiary/aromatic N) is 6. The van der Waals surface area contributed by atoms with Gasteiger partial charge in [-0.15, -0.1) is 5.10 Å². The Hall–Kier alpha value is -3.00. The number of anilines is 1. The van der Waals surface area contributed by atoms with E-state index in [-0.39, 0.29) is 0 Å². The van der Waals surface area contributed by atoms with Crippen LogP contribution < -0.4 is 5.32 Å². The van der Waals surface area contributed by atoms with E-state index in [1.807, 2.05) is 30.0 Å². The zero-order valence-corrected chi connectivity index (χ0v) is 19.2. The number of fused-ring (bicyclic) bond motifs is 2. The van der Waals surface area contributed by atoms with E-state index in [1.54, 1.807) is 0 Å². The third-order valence-corrected chi connectivity index (χ3v) is 6.38. The first kappa shape index (κ1) is 20.9. The quantitative estimate of drug-likeness (QED) is 0.471. The molecule has 0 aromatic carbocycles. The molecule has 0 unspecified atom stereocenters. The molecule has 1 fully saturated rings. The highest BCUT2D eigenvalue weighted by Gasteiger charge is 2.22. The molecule has 0 aliphatic heterocycles. The lowest BCUT2D eigenvalue weighted by Crippen LogP contribution is -2.30. The maximum absolute atomic E-state index is 5.76. The Morgan fingerprint density at radius 3 is 2.69 bits per heavy atom. The summed E-state index contributed by atoms with van der Waals surface area (Å²) in [6, 6.07) is 4.96. The van der Waals surface area contributed by atoms with E-state index in [2.05, 4.69) is 57.7 Å². The van der Waals surface area contributed by atoms with E-state index < -0.39 is 0 Å². The third kappa shape index (κ3) is 3.83. The molecule has 4 aromatic rings. The first-order valence-electron chi connectivity index (χ1n) is 11.6. The highest BCUT2D eigenvalue weighted by atomic mass is 16.5. The Bertz CT molecular complexity index is 1230. The lowest BCUT2D eigenvalue weighted by atomic mass is 9.93. The molecule has 0 radical (unpaired) electrons. The molecule has 8 heteroatoms. The summed E-state index contributed by atoms with van der Waals surface area (Å²) in [6.07, 6.45) is 10.5. The molecule has 1 aliphatic rings. The number of imidazole rings is 1. The van der Waals surface area contributed by atoms with Crippen molar-refractivity contribution in [2.45, 2.75) is 71.6 Å². The molecule has 1 aliphatic carbocycles. The lowest BCUT2D eigenvalue weighted by molar-refractivity contribution is 0.0346. The van der Waals surface area contributed by atoms with Gasteiger partial charge in [-0.25, -0.2) is 19.5 Å². The number of ether oxygens (including phenoxy) is 1. The summed E-state index contributed by atoms with van der Waals surface area (Å²) >= 11 is 0. The maximum Gasteiger partial charge on any atom is 0.241 e. The molecule has 8 nitrogen and oxygen atoms in total. The van der Waals surface area contributed by atoms with E-state index >= 15 is 0 Å². The van der Waals surface area contributed by atoms with Gasteiger partial charge in [0.15, 0.2) is 5.65 Å². The largest absolute Gasteiger partial charge is 0.379 e. The van der Waals surface area contributed by atoms with Crippen LogP contribution in [0.3, 0.4) is 0 Å². The summed E-state index contributed by atoms with van der Waals surface area (Å²) in [5.41, 5.74) is 4.91. The van der Waals surface area contributed by atoms with Gasteiger partial charge in [0.1, 0.15) is 5.82 Å². The summed E-state index contributed by atoms with van der Waals surface area (Å²) in [5, 5.41) is 8.22.